The first-order valence-electron chi connectivity index (χ1n) is 7.75. The third-order valence-electron chi connectivity index (χ3n) is 4.25. The Hall–Kier alpha value is -1.80. The van der Waals surface area contributed by atoms with E-state index in [2.05, 4.69) is 67.3 Å². The maximum absolute atomic E-state index is 5.74. The van der Waals surface area contributed by atoms with Gasteiger partial charge in [-0.25, -0.2) is 0 Å². The van der Waals surface area contributed by atoms with Gasteiger partial charge in [0.25, 0.3) is 0 Å². The maximum Gasteiger partial charge on any atom is 0.0674 e. The van der Waals surface area contributed by atoms with Gasteiger partial charge in [0.15, 0.2) is 0 Å². The third kappa shape index (κ3) is 2.96. The minimum atomic E-state index is 0.418. The van der Waals surface area contributed by atoms with Crippen molar-refractivity contribution in [3.8, 4) is 0 Å². The average molecular weight is 281 g/mol. The van der Waals surface area contributed by atoms with Gasteiger partial charge in [0.2, 0.25) is 0 Å². The molecule has 1 unspecified atom stereocenters. The van der Waals surface area contributed by atoms with E-state index in [1.807, 2.05) is 0 Å². The van der Waals surface area contributed by atoms with Crippen molar-refractivity contribution in [1.82, 2.24) is 0 Å². The van der Waals surface area contributed by atoms with Crippen LogP contribution >= 0.6 is 0 Å². The summed E-state index contributed by atoms with van der Waals surface area (Å²) in [5.74, 6) is 0. The third-order valence-corrected chi connectivity index (χ3v) is 4.25. The number of ether oxygens (including phenoxy) is 1. The van der Waals surface area contributed by atoms with Gasteiger partial charge in [-0.3, -0.25) is 0 Å². The first-order valence-corrected chi connectivity index (χ1v) is 7.75. The Morgan fingerprint density at radius 2 is 1.48 bits per heavy atom. The molecule has 2 nitrogen and oxygen atoms in total. The van der Waals surface area contributed by atoms with E-state index >= 15 is 0 Å². The van der Waals surface area contributed by atoms with Crippen molar-refractivity contribution in [2.45, 2.75) is 32.7 Å². The van der Waals surface area contributed by atoms with E-state index in [0.29, 0.717) is 6.04 Å². The molecule has 1 heterocycles. The lowest BCUT2D eigenvalue weighted by Crippen LogP contribution is -2.38. The second kappa shape index (κ2) is 6.31. The lowest BCUT2D eigenvalue weighted by molar-refractivity contribution is 0.0821. The number of hydrogen-bond donors (Lipinski definition) is 0. The summed E-state index contributed by atoms with van der Waals surface area (Å²) in [4.78, 5) is 2.48. The number of nitrogens with zero attached hydrogens (tertiary/aromatic N) is 1. The molecule has 1 aliphatic rings. The number of anilines is 2. The molecule has 0 spiro atoms. The Bertz CT molecular complexity index is 557. The maximum atomic E-state index is 5.74. The van der Waals surface area contributed by atoms with Crippen LogP contribution in [0, 0.1) is 13.8 Å². The molecule has 110 valence electrons. The van der Waals surface area contributed by atoms with Crippen LogP contribution in [-0.2, 0) is 4.74 Å². The van der Waals surface area contributed by atoms with E-state index in [9.17, 15) is 0 Å². The van der Waals surface area contributed by atoms with Crippen LogP contribution in [-0.4, -0.2) is 19.3 Å². The summed E-state index contributed by atoms with van der Waals surface area (Å²) in [5, 5.41) is 0. The van der Waals surface area contributed by atoms with Gasteiger partial charge in [0.1, 0.15) is 0 Å². The standard InChI is InChI=1S/C19H23NO/c1-15-8-3-5-11-18(15)20(17-10-7-13-21-14-17)19-12-6-4-9-16(19)2/h3-6,8-9,11-12,17H,7,10,13-14H2,1-2H3. The van der Waals surface area contributed by atoms with E-state index < -0.39 is 0 Å². The second-order valence-corrected chi connectivity index (χ2v) is 5.81. The zero-order valence-electron chi connectivity index (χ0n) is 12.9. The van der Waals surface area contributed by atoms with Crippen LogP contribution in [0.1, 0.15) is 24.0 Å². The highest BCUT2D eigenvalue weighted by Gasteiger charge is 2.25. The summed E-state index contributed by atoms with van der Waals surface area (Å²) in [7, 11) is 0. The van der Waals surface area contributed by atoms with Gasteiger partial charge in [-0.05, 0) is 49.9 Å². The van der Waals surface area contributed by atoms with Crippen molar-refractivity contribution in [1.29, 1.82) is 0 Å². The Labute approximate surface area is 127 Å². The fourth-order valence-electron chi connectivity index (χ4n) is 3.12. The molecule has 21 heavy (non-hydrogen) atoms. The van der Waals surface area contributed by atoms with Gasteiger partial charge in [0.05, 0.1) is 12.6 Å². The van der Waals surface area contributed by atoms with E-state index in [-0.39, 0.29) is 0 Å². The number of benzene rings is 2. The molecular formula is C19H23NO. The van der Waals surface area contributed by atoms with E-state index in [1.54, 1.807) is 0 Å². The molecular weight excluding hydrogens is 258 g/mol. The number of rotatable bonds is 3. The van der Waals surface area contributed by atoms with Crippen LogP contribution < -0.4 is 4.90 Å². The number of hydrogen-bond acceptors (Lipinski definition) is 2. The van der Waals surface area contributed by atoms with Gasteiger partial charge < -0.3 is 9.64 Å². The molecule has 1 fully saturated rings. The molecule has 3 rings (SSSR count). The molecule has 0 radical (unpaired) electrons. The largest absolute Gasteiger partial charge is 0.379 e. The average Bonchev–Trinajstić information content (AvgIpc) is 2.52. The van der Waals surface area contributed by atoms with Crippen LogP contribution in [0.25, 0.3) is 0 Å². The summed E-state index contributed by atoms with van der Waals surface area (Å²) < 4.78 is 5.74. The molecule has 0 saturated carbocycles. The molecule has 2 aromatic carbocycles. The Balaban J connectivity index is 2.07. The molecule has 0 aliphatic carbocycles. The first-order chi connectivity index (χ1) is 10.3. The van der Waals surface area contributed by atoms with Crippen molar-refractivity contribution in [3.05, 3.63) is 59.7 Å². The fraction of sp³-hybridized carbons (Fsp3) is 0.368. The predicted octanol–water partition coefficient (Wildman–Crippen LogP) is 4.62. The van der Waals surface area contributed by atoms with Crippen LogP contribution in [0.15, 0.2) is 48.5 Å². The highest BCUT2D eigenvalue weighted by atomic mass is 16.5. The smallest absolute Gasteiger partial charge is 0.0674 e. The molecule has 1 saturated heterocycles. The minimum absolute atomic E-state index is 0.418. The molecule has 1 aliphatic heterocycles. The Morgan fingerprint density at radius 1 is 0.905 bits per heavy atom. The van der Waals surface area contributed by atoms with E-state index in [4.69, 9.17) is 4.74 Å². The normalized spacial score (nSPS) is 18.5. The predicted molar refractivity (Wildman–Crippen MR) is 88.3 cm³/mol. The van der Waals surface area contributed by atoms with E-state index in [0.717, 1.165) is 19.6 Å². The van der Waals surface area contributed by atoms with Crippen molar-refractivity contribution in [3.63, 3.8) is 0 Å². The van der Waals surface area contributed by atoms with Crippen molar-refractivity contribution in [2.24, 2.45) is 0 Å². The molecule has 0 bridgehead atoms. The lowest BCUT2D eigenvalue weighted by Gasteiger charge is -2.37. The summed E-state index contributed by atoms with van der Waals surface area (Å²) in [6, 6.07) is 17.7. The van der Waals surface area contributed by atoms with Gasteiger partial charge >= 0.3 is 0 Å². The van der Waals surface area contributed by atoms with Crippen LogP contribution in [0.3, 0.4) is 0 Å². The molecule has 2 heteroatoms. The molecule has 0 amide bonds. The van der Waals surface area contributed by atoms with Crippen molar-refractivity contribution >= 4 is 11.4 Å². The van der Waals surface area contributed by atoms with Crippen LogP contribution in [0.5, 0.6) is 0 Å². The molecule has 1 atom stereocenters. The van der Waals surface area contributed by atoms with Crippen LogP contribution in [0.4, 0.5) is 11.4 Å². The molecule has 0 aromatic heterocycles. The van der Waals surface area contributed by atoms with Gasteiger partial charge in [-0.15, -0.1) is 0 Å². The summed E-state index contributed by atoms with van der Waals surface area (Å²) in [6.45, 7) is 6.07. The summed E-state index contributed by atoms with van der Waals surface area (Å²) in [6.07, 6.45) is 2.32. The van der Waals surface area contributed by atoms with E-state index in [1.165, 1.54) is 28.9 Å². The SMILES string of the molecule is Cc1ccccc1N(c1ccccc1C)C1CCCOC1. The van der Waals surface area contributed by atoms with Gasteiger partial charge in [-0.2, -0.15) is 0 Å². The van der Waals surface area contributed by atoms with Gasteiger partial charge in [0, 0.05) is 18.0 Å². The quantitative estimate of drug-likeness (QED) is 0.814. The van der Waals surface area contributed by atoms with Crippen molar-refractivity contribution < 1.29 is 4.74 Å². The summed E-state index contributed by atoms with van der Waals surface area (Å²) in [5.41, 5.74) is 5.21. The summed E-state index contributed by atoms with van der Waals surface area (Å²) >= 11 is 0. The van der Waals surface area contributed by atoms with Crippen molar-refractivity contribution in [2.75, 3.05) is 18.1 Å². The molecule has 2 aromatic rings. The Morgan fingerprint density at radius 3 is 1.95 bits per heavy atom. The molecule has 0 N–H and O–H groups in total. The van der Waals surface area contributed by atoms with Gasteiger partial charge in [-0.1, -0.05) is 36.4 Å². The Kier molecular flexibility index (Phi) is 4.26. The lowest BCUT2D eigenvalue weighted by atomic mass is 10.0. The highest BCUT2D eigenvalue weighted by Crippen LogP contribution is 2.34. The van der Waals surface area contributed by atoms with Crippen LogP contribution in [0.2, 0.25) is 0 Å². The topological polar surface area (TPSA) is 12.5 Å². The first kappa shape index (κ1) is 14.2. The number of para-hydroxylation sites is 2. The number of aryl methyl sites for hydroxylation is 2. The highest BCUT2D eigenvalue weighted by molar-refractivity contribution is 5.69. The zero-order chi connectivity index (χ0) is 14.7. The zero-order valence-corrected chi connectivity index (χ0v) is 12.9. The monoisotopic (exact) mass is 281 g/mol. The fourth-order valence-corrected chi connectivity index (χ4v) is 3.12. The minimum Gasteiger partial charge on any atom is -0.379 e. The second-order valence-electron chi connectivity index (χ2n) is 5.81.